The van der Waals surface area contributed by atoms with E-state index >= 15 is 0 Å². The molecule has 3 rings (SSSR count). The molecule has 0 bridgehead atoms. The molecule has 0 radical (unpaired) electrons. The van der Waals surface area contributed by atoms with Crippen LogP contribution in [-0.2, 0) is 4.79 Å². The molecule has 1 aromatic carbocycles. The minimum absolute atomic E-state index is 0.0869. The molecular weight excluding hydrogens is 393 g/mol. The van der Waals surface area contributed by atoms with Crippen LogP contribution < -0.4 is 10.2 Å². The van der Waals surface area contributed by atoms with Gasteiger partial charge in [-0.15, -0.1) is 5.10 Å². The van der Waals surface area contributed by atoms with Gasteiger partial charge in [0.2, 0.25) is 5.91 Å². The van der Waals surface area contributed by atoms with Crippen LogP contribution in [0.5, 0.6) is 0 Å². The van der Waals surface area contributed by atoms with Crippen molar-refractivity contribution in [3.8, 4) is 0 Å². The lowest BCUT2D eigenvalue weighted by Crippen LogP contribution is -2.49. The number of carbonyl (C=O) groups is 2. The molecule has 2 amide bonds. The third-order valence-corrected chi connectivity index (χ3v) is 4.38. The molecule has 0 aliphatic rings. The minimum Gasteiger partial charge on any atom is -0.349 e. The van der Waals surface area contributed by atoms with Crippen LogP contribution in [0.15, 0.2) is 54.0 Å². The summed E-state index contributed by atoms with van der Waals surface area (Å²) in [6.07, 6.45) is 1.55. The zero-order valence-electron chi connectivity index (χ0n) is 16.2. The number of benzene rings is 1. The molecule has 2 heterocycles. The highest BCUT2D eigenvalue weighted by Gasteiger charge is 2.36. The lowest BCUT2D eigenvalue weighted by atomic mass is 10.0. The molecule has 9 heteroatoms. The van der Waals surface area contributed by atoms with E-state index in [9.17, 15) is 14.0 Å². The van der Waals surface area contributed by atoms with Gasteiger partial charge in [0.25, 0.3) is 5.91 Å². The Bertz CT molecular complexity index is 972. The molecular formula is C20H20FN5O2S. The SMILES string of the molecule is CC(C)(C)NC(=O)C(c1ccccn1)N(C(=O)c1csnn1)c1ccc(F)cc1. The largest absolute Gasteiger partial charge is 0.349 e. The first kappa shape index (κ1) is 20.5. The van der Waals surface area contributed by atoms with Crippen LogP contribution in [0.3, 0.4) is 0 Å². The fourth-order valence-corrected chi connectivity index (χ4v) is 3.16. The van der Waals surface area contributed by atoms with Crippen molar-refractivity contribution < 1.29 is 14.0 Å². The van der Waals surface area contributed by atoms with Gasteiger partial charge in [-0.3, -0.25) is 19.5 Å². The number of nitrogens with one attached hydrogen (secondary N) is 1. The van der Waals surface area contributed by atoms with Crippen molar-refractivity contribution in [1.82, 2.24) is 19.9 Å². The predicted molar refractivity (Wildman–Crippen MR) is 108 cm³/mol. The second-order valence-corrected chi connectivity index (χ2v) is 7.95. The fourth-order valence-electron chi connectivity index (χ4n) is 2.73. The molecule has 150 valence electrons. The normalized spacial score (nSPS) is 12.3. The predicted octanol–water partition coefficient (Wildman–Crippen LogP) is 3.38. The Morgan fingerprint density at radius 1 is 1.14 bits per heavy atom. The van der Waals surface area contributed by atoms with Crippen molar-refractivity contribution >= 4 is 29.0 Å². The number of carbonyl (C=O) groups excluding carboxylic acids is 2. The van der Waals surface area contributed by atoms with Gasteiger partial charge in [0.05, 0.1) is 5.69 Å². The zero-order valence-corrected chi connectivity index (χ0v) is 17.0. The molecule has 0 fully saturated rings. The van der Waals surface area contributed by atoms with E-state index in [-0.39, 0.29) is 5.69 Å². The molecule has 0 spiro atoms. The summed E-state index contributed by atoms with van der Waals surface area (Å²) in [5.41, 5.74) is 0.257. The quantitative estimate of drug-likeness (QED) is 0.693. The fraction of sp³-hybridized carbons (Fsp3) is 0.250. The van der Waals surface area contributed by atoms with Crippen LogP contribution in [0.25, 0.3) is 0 Å². The number of anilines is 1. The van der Waals surface area contributed by atoms with Crippen LogP contribution >= 0.6 is 11.5 Å². The summed E-state index contributed by atoms with van der Waals surface area (Å²) in [4.78, 5) is 32.1. The summed E-state index contributed by atoms with van der Waals surface area (Å²) < 4.78 is 17.3. The molecule has 2 aromatic heterocycles. The highest BCUT2D eigenvalue weighted by atomic mass is 32.1. The second-order valence-electron chi connectivity index (χ2n) is 7.34. The monoisotopic (exact) mass is 413 g/mol. The van der Waals surface area contributed by atoms with Gasteiger partial charge in [-0.25, -0.2) is 4.39 Å². The van der Waals surface area contributed by atoms with Crippen molar-refractivity contribution in [1.29, 1.82) is 0 Å². The maximum Gasteiger partial charge on any atom is 0.280 e. The van der Waals surface area contributed by atoms with Crippen molar-refractivity contribution in [3.05, 3.63) is 71.2 Å². The highest BCUT2D eigenvalue weighted by Crippen LogP contribution is 2.29. The Morgan fingerprint density at radius 2 is 1.86 bits per heavy atom. The number of hydrogen-bond acceptors (Lipinski definition) is 6. The van der Waals surface area contributed by atoms with E-state index in [2.05, 4.69) is 19.9 Å². The van der Waals surface area contributed by atoms with E-state index in [4.69, 9.17) is 0 Å². The van der Waals surface area contributed by atoms with Crippen molar-refractivity contribution in [2.24, 2.45) is 0 Å². The maximum absolute atomic E-state index is 13.5. The molecule has 3 aromatic rings. The third kappa shape index (κ3) is 5.00. The van der Waals surface area contributed by atoms with E-state index in [1.165, 1.54) is 34.5 Å². The van der Waals surface area contributed by atoms with Crippen molar-refractivity contribution in [3.63, 3.8) is 0 Å². The number of hydrogen-bond donors (Lipinski definition) is 1. The summed E-state index contributed by atoms with van der Waals surface area (Å²) in [5, 5.41) is 8.24. The smallest absolute Gasteiger partial charge is 0.280 e. The van der Waals surface area contributed by atoms with E-state index < -0.39 is 29.2 Å². The zero-order chi connectivity index (χ0) is 21.0. The molecule has 0 saturated heterocycles. The van der Waals surface area contributed by atoms with Gasteiger partial charge >= 0.3 is 0 Å². The van der Waals surface area contributed by atoms with E-state index in [1.807, 2.05) is 20.8 Å². The van der Waals surface area contributed by atoms with Crippen molar-refractivity contribution in [2.75, 3.05) is 4.90 Å². The second kappa shape index (κ2) is 8.44. The van der Waals surface area contributed by atoms with Crippen LogP contribution in [0.4, 0.5) is 10.1 Å². The summed E-state index contributed by atoms with van der Waals surface area (Å²) in [6.45, 7) is 5.53. The Hall–Kier alpha value is -3.20. The molecule has 0 aliphatic carbocycles. The molecule has 1 atom stereocenters. The Labute approximate surface area is 171 Å². The standard InChI is InChI=1S/C20H20FN5O2S/c1-20(2,3)23-18(27)17(15-6-4-5-11-22-15)26(14-9-7-13(21)8-10-14)19(28)16-12-29-25-24-16/h4-12,17H,1-3H3,(H,23,27). The maximum atomic E-state index is 13.5. The van der Waals surface area contributed by atoms with Crippen molar-refractivity contribution in [2.45, 2.75) is 32.4 Å². The van der Waals surface area contributed by atoms with Crippen LogP contribution in [0, 0.1) is 5.82 Å². The molecule has 1 unspecified atom stereocenters. The Balaban J connectivity index is 2.15. The summed E-state index contributed by atoms with van der Waals surface area (Å²) in [7, 11) is 0. The van der Waals surface area contributed by atoms with Gasteiger partial charge in [0, 0.05) is 22.8 Å². The molecule has 0 aliphatic heterocycles. The summed E-state index contributed by atoms with van der Waals surface area (Å²) in [6, 6.07) is 9.36. The van der Waals surface area contributed by atoms with E-state index in [0.29, 0.717) is 11.4 Å². The summed E-state index contributed by atoms with van der Waals surface area (Å²) in [5.74, 6) is -1.41. The molecule has 1 N–H and O–H groups in total. The molecule has 29 heavy (non-hydrogen) atoms. The Morgan fingerprint density at radius 3 is 2.41 bits per heavy atom. The van der Waals surface area contributed by atoms with Gasteiger partial charge < -0.3 is 5.32 Å². The van der Waals surface area contributed by atoms with Crippen LogP contribution in [-0.4, -0.2) is 31.9 Å². The number of halogens is 1. The number of amides is 2. The first-order valence-electron chi connectivity index (χ1n) is 8.85. The number of pyridine rings is 1. The van der Waals surface area contributed by atoms with Gasteiger partial charge in [-0.1, -0.05) is 10.6 Å². The van der Waals surface area contributed by atoms with Gasteiger partial charge in [0.1, 0.15) is 5.82 Å². The van der Waals surface area contributed by atoms with Crippen LogP contribution in [0.2, 0.25) is 0 Å². The lowest BCUT2D eigenvalue weighted by Gasteiger charge is -2.32. The van der Waals surface area contributed by atoms with Gasteiger partial charge in [0.15, 0.2) is 11.7 Å². The van der Waals surface area contributed by atoms with Crippen LogP contribution in [0.1, 0.15) is 43.0 Å². The topological polar surface area (TPSA) is 88.1 Å². The number of rotatable bonds is 5. The average molecular weight is 413 g/mol. The number of nitrogens with zero attached hydrogens (tertiary/aromatic N) is 4. The van der Waals surface area contributed by atoms with Gasteiger partial charge in [-0.2, -0.15) is 0 Å². The van der Waals surface area contributed by atoms with Gasteiger partial charge in [-0.05, 0) is 68.7 Å². The average Bonchev–Trinajstić information content (AvgIpc) is 3.20. The Kier molecular flexibility index (Phi) is 5.97. The first-order chi connectivity index (χ1) is 13.8. The van der Waals surface area contributed by atoms with E-state index in [1.54, 1.807) is 24.4 Å². The summed E-state index contributed by atoms with van der Waals surface area (Å²) >= 11 is 1.02. The lowest BCUT2D eigenvalue weighted by molar-refractivity contribution is -0.124. The van der Waals surface area contributed by atoms with E-state index in [0.717, 1.165) is 11.5 Å². The highest BCUT2D eigenvalue weighted by molar-refractivity contribution is 7.03. The number of aromatic nitrogens is 3. The molecule has 0 saturated carbocycles. The minimum atomic E-state index is -1.09. The first-order valence-corrected chi connectivity index (χ1v) is 9.69. The third-order valence-electron chi connectivity index (χ3n) is 3.88. The molecule has 7 nitrogen and oxygen atoms in total.